The van der Waals surface area contributed by atoms with Crippen LogP contribution >= 0.6 is 0 Å². The maximum absolute atomic E-state index is 12.0. The standard InChI is InChI=1S/C13H23N3O/c1-3-4-5-6-10(2)13(17)12(14)7-11-8-15-9-16-11/h8-10,12H,3-7,14H2,1-2H3,(H,15,16)/t10?,12-/m1/s1. The summed E-state index contributed by atoms with van der Waals surface area (Å²) in [7, 11) is 0. The topological polar surface area (TPSA) is 71.8 Å². The molecular formula is C13H23N3O. The Morgan fingerprint density at radius 2 is 2.29 bits per heavy atom. The number of nitrogens with one attached hydrogen (secondary N) is 1. The normalized spacial score (nSPS) is 14.5. The van der Waals surface area contributed by atoms with Gasteiger partial charge >= 0.3 is 0 Å². The largest absolute Gasteiger partial charge is 0.351 e. The summed E-state index contributed by atoms with van der Waals surface area (Å²) in [4.78, 5) is 19.0. The summed E-state index contributed by atoms with van der Waals surface area (Å²) >= 11 is 0. The lowest BCUT2D eigenvalue weighted by Gasteiger charge is -2.15. The molecule has 0 saturated heterocycles. The van der Waals surface area contributed by atoms with E-state index in [4.69, 9.17) is 5.73 Å². The fourth-order valence-electron chi connectivity index (χ4n) is 1.94. The van der Waals surface area contributed by atoms with Crippen LogP contribution in [0, 0.1) is 5.92 Å². The highest BCUT2D eigenvalue weighted by Crippen LogP contribution is 2.13. The average molecular weight is 237 g/mol. The third kappa shape index (κ3) is 4.69. The molecular weight excluding hydrogens is 214 g/mol. The molecule has 0 aromatic carbocycles. The summed E-state index contributed by atoms with van der Waals surface area (Å²) in [6.07, 6.45) is 8.35. The van der Waals surface area contributed by atoms with Gasteiger partial charge in [0.05, 0.1) is 18.1 Å². The van der Waals surface area contributed by atoms with E-state index in [0.29, 0.717) is 6.42 Å². The second kappa shape index (κ2) is 7.22. The van der Waals surface area contributed by atoms with E-state index in [9.17, 15) is 4.79 Å². The van der Waals surface area contributed by atoms with Gasteiger partial charge in [0.15, 0.2) is 5.78 Å². The number of nitrogens with two attached hydrogens (primary N) is 1. The van der Waals surface area contributed by atoms with Crippen LogP contribution < -0.4 is 5.73 Å². The van der Waals surface area contributed by atoms with Gasteiger partial charge in [0.25, 0.3) is 0 Å². The van der Waals surface area contributed by atoms with E-state index in [2.05, 4.69) is 16.9 Å². The molecule has 0 spiro atoms. The second-order valence-corrected chi connectivity index (χ2v) is 4.67. The first kappa shape index (κ1) is 13.9. The Morgan fingerprint density at radius 3 is 2.88 bits per heavy atom. The third-order valence-electron chi connectivity index (χ3n) is 3.08. The number of carbonyl (C=O) groups excluding carboxylic acids is 1. The van der Waals surface area contributed by atoms with Crippen molar-refractivity contribution < 1.29 is 4.79 Å². The van der Waals surface area contributed by atoms with Crippen LogP contribution in [0.5, 0.6) is 0 Å². The van der Waals surface area contributed by atoms with Crippen molar-refractivity contribution in [3.8, 4) is 0 Å². The van der Waals surface area contributed by atoms with Crippen LogP contribution in [0.15, 0.2) is 12.5 Å². The molecule has 1 aromatic heterocycles. The van der Waals surface area contributed by atoms with Gasteiger partial charge < -0.3 is 10.7 Å². The number of aromatic amines is 1. The third-order valence-corrected chi connectivity index (χ3v) is 3.08. The van der Waals surface area contributed by atoms with Crippen LogP contribution in [0.2, 0.25) is 0 Å². The first-order valence-electron chi connectivity index (χ1n) is 6.42. The summed E-state index contributed by atoms with van der Waals surface area (Å²) in [6.45, 7) is 4.14. The predicted octanol–water partition coefficient (Wildman–Crippen LogP) is 2.06. The maximum atomic E-state index is 12.0. The van der Waals surface area contributed by atoms with Crippen molar-refractivity contribution in [3.05, 3.63) is 18.2 Å². The SMILES string of the molecule is CCCCCC(C)C(=O)[C@H](N)Cc1c[nH]cn1. The van der Waals surface area contributed by atoms with Gasteiger partial charge in [0, 0.05) is 18.5 Å². The Morgan fingerprint density at radius 1 is 1.53 bits per heavy atom. The molecule has 1 rings (SSSR count). The summed E-state index contributed by atoms with van der Waals surface area (Å²) in [5.41, 5.74) is 6.76. The van der Waals surface area contributed by atoms with E-state index >= 15 is 0 Å². The van der Waals surface area contributed by atoms with E-state index in [-0.39, 0.29) is 11.7 Å². The molecule has 3 N–H and O–H groups in total. The number of Topliss-reactive ketones (excluding diaryl/α,β-unsaturated/α-hetero) is 1. The number of rotatable bonds is 8. The zero-order valence-electron chi connectivity index (χ0n) is 10.8. The van der Waals surface area contributed by atoms with Gasteiger partial charge in [-0.2, -0.15) is 0 Å². The zero-order chi connectivity index (χ0) is 12.7. The number of aromatic nitrogens is 2. The van der Waals surface area contributed by atoms with Gasteiger partial charge in [-0.15, -0.1) is 0 Å². The highest BCUT2D eigenvalue weighted by Gasteiger charge is 2.20. The van der Waals surface area contributed by atoms with Crippen molar-refractivity contribution in [2.45, 2.75) is 52.0 Å². The van der Waals surface area contributed by atoms with Crippen molar-refractivity contribution in [2.75, 3.05) is 0 Å². The molecule has 0 fully saturated rings. The van der Waals surface area contributed by atoms with Gasteiger partial charge in [-0.1, -0.05) is 33.1 Å². The highest BCUT2D eigenvalue weighted by molar-refractivity contribution is 5.85. The Hall–Kier alpha value is -1.16. The van der Waals surface area contributed by atoms with Gasteiger partial charge in [-0.05, 0) is 6.42 Å². The quantitative estimate of drug-likeness (QED) is 0.680. The fourth-order valence-corrected chi connectivity index (χ4v) is 1.94. The molecule has 1 aromatic rings. The van der Waals surface area contributed by atoms with Crippen LogP contribution in [0.1, 0.15) is 45.2 Å². The summed E-state index contributed by atoms with van der Waals surface area (Å²) in [5.74, 6) is 0.222. The Labute approximate surface area is 103 Å². The predicted molar refractivity (Wildman–Crippen MR) is 68.6 cm³/mol. The van der Waals surface area contributed by atoms with E-state index in [1.807, 2.05) is 6.92 Å². The van der Waals surface area contributed by atoms with Crippen molar-refractivity contribution in [2.24, 2.45) is 11.7 Å². The monoisotopic (exact) mass is 237 g/mol. The second-order valence-electron chi connectivity index (χ2n) is 4.67. The molecule has 0 saturated carbocycles. The highest BCUT2D eigenvalue weighted by atomic mass is 16.1. The van der Waals surface area contributed by atoms with Gasteiger partial charge in [-0.3, -0.25) is 4.79 Å². The number of carbonyl (C=O) groups is 1. The van der Waals surface area contributed by atoms with Crippen LogP contribution in [0.25, 0.3) is 0 Å². The van der Waals surface area contributed by atoms with Crippen LogP contribution in [-0.4, -0.2) is 21.8 Å². The smallest absolute Gasteiger partial charge is 0.152 e. The Bertz CT molecular complexity index is 321. The lowest BCUT2D eigenvalue weighted by atomic mass is 9.93. The molecule has 0 radical (unpaired) electrons. The van der Waals surface area contributed by atoms with Crippen molar-refractivity contribution in [1.82, 2.24) is 9.97 Å². The van der Waals surface area contributed by atoms with Crippen LogP contribution in [-0.2, 0) is 11.2 Å². The molecule has 2 atom stereocenters. The first-order chi connectivity index (χ1) is 8.15. The molecule has 0 amide bonds. The minimum Gasteiger partial charge on any atom is -0.351 e. The van der Waals surface area contributed by atoms with Gasteiger partial charge in [0.1, 0.15) is 0 Å². The number of unbranched alkanes of at least 4 members (excludes halogenated alkanes) is 2. The molecule has 96 valence electrons. The fraction of sp³-hybridized carbons (Fsp3) is 0.692. The molecule has 0 aliphatic heterocycles. The number of imidazole rings is 1. The number of nitrogens with zero attached hydrogens (tertiary/aromatic N) is 1. The van der Waals surface area contributed by atoms with E-state index in [1.165, 1.54) is 12.8 Å². The molecule has 1 heterocycles. The molecule has 0 aliphatic carbocycles. The lowest BCUT2D eigenvalue weighted by Crippen LogP contribution is -2.36. The summed E-state index contributed by atoms with van der Waals surface area (Å²) in [5, 5.41) is 0. The minimum absolute atomic E-state index is 0.0653. The lowest BCUT2D eigenvalue weighted by molar-refractivity contribution is -0.123. The number of hydrogen-bond donors (Lipinski definition) is 2. The molecule has 1 unspecified atom stereocenters. The number of H-pyrrole nitrogens is 1. The number of hydrogen-bond acceptors (Lipinski definition) is 3. The Balaban J connectivity index is 2.35. The minimum atomic E-state index is -0.421. The van der Waals surface area contributed by atoms with Crippen molar-refractivity contribution in [3.63, 3.8) is 0 Å². The number of ketones is 1. The molecule has 4 nitrogen and oxygen atoms in total. The molecule has 0 bridgehead atoms. The van der Waals surface area contributed by atoms with Crippen LogP contribution in [0.4, 0.5) is 0 Å². The van der Waals surface area contributed by atoms with Crippen LogP contribution in [0.3, 0.4) is 0 Å². The molecule has 4 heteroatoms. The van der Waals surface area contributed by atoms with Gasteiger partial charge in [0.2, 0.25) is 0 Å². The average Bonchev–Trinajstić information content (AvgIpc) is 2.81. The van der Waals surface area contributed by atoms with E-state index in [1.54, 1.807) is 12.5 Å². The molecule has 0 aliphatic rings. The Kier molecular flexibility index (Phi) is 5.91. The summed E-state index contributed by atoms with van der Waals surface area (Å²) in [6, 6.07) is -0.421. The van der Waals surface area contributed by atoms with Crippen molar-refractivity contribution >= 4 is 5.78 Å². The first-order valence-corrected chi connectivity index (χ1v) is 6.42. The van der Waals surface area contributed by atoms with E-state index in [0.717, 1.165) is 18.5 Å². The molecule has 17 heavy (non-hydrogen) atoms. The van der Waals surface area contributed by atoms with Crippen molar-refractivity contribution in [1.29, 1.82) is 0 Å². The van der Waals surface area contributed by atoms with E-state index < -0.39 is 6.04 Å². The van der Waals surface area contributed by atoms with Gasteiger partial charge in [-0.25, -0.2) is 4.98 Å². The summed E-state index contributed by atoms with van der Waals surface area (Å²) < 4.78 is 0. The maximum Gasteiger partial charge on any atom is 0.152 e. The zero-order valence-corrected chi connectivity index (χ0v) is 10.8.